The Kier molecular flexibility index (Phi) is 5.56. The van der Waals surface area contributed by atoms with E-state index in [9.17, 15) is 4.79 Å². The molecular formula is C27H33N3O. The van der Waals surface area contributed by atoms with Crippen molar-refractivity contribution < 1.29 is 4.79 Å². The molecule has 0 N–H and O–H groups in total. The molecule has 1 saturated heterocycles. The fraction of sp³-hybridized carbons (Fsp3) is 0.481. The number of imidazole rings is 1. The second-order valence-corrected chi connectivity index (χ2v) is 9.60. The number of amides is 1. The minimum atomic E-state index is 0.145. The molecule has 31 heavy (non-hydrogen) atoms. The maximum absolute atomic E-state index is 13.0. The largest absolute Gasteiger partial charge is 0.328 e. The van der Waals surface area contributed by atoms with Gasteiger partial charge < -0.3 is 9.47 Å². The first kappa shape index (κ1) is 20.3. The highest BCUT2D eigenvalue weighted by Crippen LogP contribution is 2.35. The summed E-state index contributed by atoms with van der Waals surface area (Å²) in [4.78, 5) is 20.1. The SMILES string of the molecule is Cc1ccc(C)c(N2CC(c3nc4ccccc4n3CCC3CCCCC3)CC2=O)c1. The van der Waals surface area contributed by atoms with E-state index in [0.717, 1.165) is 41.6 Å². The number of nitrogens with zero attached hydrogens (tertiary/aromatic N) is 3. The number of benzene rings is 2. The summed E-state index contributed by atoms with van der Waals surface area (Å²) in [5.74, 6) is 2.29. The summed E-state index contributed by atoms with van der Waals surface area (Å²) in [6, 6.07) is 14.8. The molecule has 5 rings (SSSR count). The Hall–Kier alpha value is -2.62. The van der Waals surface area contributed by atoms with Gasteiger partial charge in [-0.05, 0) is 55.5 Å². The van der Waals surface area contributed by atoms with Gasteiger partial charge in [-0.2, -0.15) is 0 Å². The van der Waals surface area contributed by atoms with Gasteiger partial charge in [-0.1, -0.05) is 56.4 Å². The number of aryl methyl sites for hydroxylation is 3. The highest BCUT2D eigenvalue weighted by molar-refractivity contribution is 5.97. The molecule has 2 heterocycles. The van der Waals surface area contributed by atoms with Crippen LogP contribution >= 0.6 is 0 Å². The van der Waals surface area contributed by atoms with E-state index in [4.69, 9.17) is 4.98 Å². The molecule has 1 atom stereocenters. The predicted octanol–water partition coefficient (Wildman–Crippen LogP) is 6.14. The van der Waals surface area contributed by atoms with Crippen LogP contribution in [0, 0.1) is 19.8 Å². The van der Waals surface area contributed by atoms with E-state index in [2.05, 4.69) is 60.9 Å². The van der Waals surface area contributed by atoms with Crippen LogP contribution in [-0.2, 0) is 11.3 Å². The van der Waals surface area contributed by atoms with Crippen LogP contribution in [0.4, 0.5) is 5.69 Å². The zero-order valence-corrected chi connectivity index (χ0v) is 18.8. The molecule has 1 amide bonds. The van der Waals surface area contributed by atoms with Gasteiger partial charge in [-0.3, -0.25) is 4.79 Å². The molecule has 4 nitrogen and oxygen atoms in total. The smallest absolute Gasteiger partial charge is 0.227 e. The summed E-state index contributed by atoms with van der Waals surface area (Å²) >= 11 is 0. The highest BCUT2D eigenvalue weighted by Gasteiger charge is 2.35. The molecule has 0 spiro atoms. The van der Waals surface area contributed by atoms with Crippen molar-refractivity contribution in [3.8, 4) is 0 Å². The Morgan fingerprint density at radius 3 is 2.68 bits per heavy atom. The van der Waals surface area contributed by atoms with Crippen molar-refractivity contribution in [1.82, 2.24) is 9.55 Å². The lowest BCUT2D eigenvalue weighted by atomic mass is 9.87. The first-order chi connectivity index (χ1) is 15.1. The normalized spacial score (nSPS) is 20.1. The molecule has 2 aromatic carbocycles. The number of carbonyl (C=O) groups excluding carboxylic acids is 1. The molecule has 1 aliphatic heterocycles. The molecule has 1 saturated carbocycles. The van der Waals surface area contributed by atoms with Crippen LogP contribution in [0.1, 0.15) is 67.8 Å². The van der Waals surface area contributed by atoms with Gasteiger partial charge in [0.25, 0.3) is 0 Å². The van der Waals surface area contributed by atoms with E-state index in [0.29, 0.717) is 6.42 Å². The molecule has 2 aliphatic rings. The van der Waals surface area contributed by atoms with Gasteiger partial charge in [0.15, 0.2) is 0 Å². The monoisotopic (exact) mass is 415 g/mol. The third kappa shape index (κ3) is 4.00. The maximum atomic E-state index is 13.0. The van der Waals surface area contributed by atoms with Crippen molar-refractivity contribution in [2.45, 2.75) is 71.3 Å². The zero-order valence-electron chi connectivity index (χ0n) is 18.8. The maximum Gasteiger partial charge on any atom is 0.227 e. The second-order valence-electron chi connectivity index (χ2n) is 9.60. The summed E-state index contributed by atoms with van der Waals surface area (Å²) in [7, 11) is 0. The number of anilines is 1. The van der Waals surface area contributed by atoms with E-state index in [-0.39, 0.29) is 11.8 Å². The van der Waals surface area contributed by atoms with Crippen molar-refractivity contribution in [3.63, 3.8) is 0 Å². The number of hydrogen-bond acceptors (Lipinski definition) is 2. The number of para-hydroxylation sites is 2. The Morgan fingerprint density at radius 1 is 1.03 bits per heavy atom. The fourth-order valence-corrected chi connectivity index (χ4v) is 5.55. The zero-order chi connectivity index (χ0) is 21.4. The van der Waals surface area contributed by atoms with Crippen LogP contribution < -0.4 is 4.90 Å². The molecule has 0 bridgehead atoms. The number of rotatable bonds is 5. The number of aromatic nitrogens is 2. The van der Waals surface area contributed by atoms with Gasteiger partial charge >= 0.3 is 0 Å². The van der Waals surface area contributed by atoms with Crippen molar-refractivity contribution in [2.24, 2.45) is 5.92 Å². The van der Waals surface area contributed by atoms with Gasteiger partial charge in [0, 0.05) is 31.1 Å². The first-order valence-electron chi connectivity index (χ1n) is 11.9. The van der Waals surface area contributed by atoms with Crippen LogP contribution in [0.15, 0.2) is 42.5 Å². The lowest BCUT2D eigenvalue weighted by Crippen LogP contribution is -2.25. The van der Waals surface area contributed by atoms with Crippen LogP contribution in [0.2, 0.25) is 0 Å². The molecule has 4 heteroatoms. The fourth-order valence-electron chi connectivity index (χ4n) is 5.55. The van der Waals surface area contributed by atoms with Gasteiger partial charge in [0.2, 0.25) is 5.91 Å². The Balaban J connectivity index is 1.44. The summed E-state index contributed by atoms with van der Waals surface area (Å²) in [5.41, 5.74) is 5.67. The minimum Gasteiger partial charge on any atom is -0.328 e. The van der Waals surface area contributed by atoms with E-state index < -0.39 is 0 Å². The number of fused-ring (bicyclic) bond motifs is 1. The molecule has 0 radical (unpaired) electrons. The Labute approximate surface area is 185 Å². The summed E-state index contributed by atoms with van der Waals surface area (Å²) in [5, 5.41) is 0. The molecule has 1 aliphatic carbocycles. The van der Waals surface area contributed by atoms with Gasteiger partial charge in [0.05, 0.1) is 11.0 Å². The third-order valence-electron chi connectivity index (χ3n) is 7.32. The highest BCUT2D eigenvalue weighted by atomic mass is 16.2. The summed E-state index contributed by atoms with van der Waals surface area (Å²) in [6.07, 6.45) is 8.64. The number of hydrogen-bond donors (Lipinski definition) is 0. The molecule has 1 aromatic heterocycles. The lowest BCUT2D eigenvalue weighted by molar-refractivity contribution is -0.117. The van der Waals surface area contributed by atoms with Crippen molar-refractivity contribution >= 4 is 22.6 Å². The topological polar surface area (TPSA) is 38.1 Å². The molecule has 1 unspecified atom stereocenters. The average molecular weight is 416 g/mol. The van der Waals surface area contributed by atoms with E-state index in [1.54, 1.807) is 0 Å². The van der Waals surface area contributed by atoms with Crippen LogP contribution in [0.3, 0.4) is 0 Å². The van der Waals surface area contributed by atoms with Crippen molar-refractivity contribution in [2.75, 3.05) is 11.4 Å². The lowest BCUT2D eigenvalue weighted by Gasteiger charge is -2.23. The van der Waals surface area contributed by atoms with E-state index >= 15 is 0 Å². The van der Waals surface area contributed by atoms with Crippen molar-refractivity contribution in [3.05, 3.63) is 59.4 Å². The van der Waals surface area contributed by atoms with E-state index in [1.807, 2.05) is 4.90 Å². The summed E-state index contributed by atoms with van der Waals surface area (Å²) in [6.45, 7) is 5.91. The van der Waals surface area contributed by atoms with Gasteiger partial charge in [-0.15, -0.1) is 0 Å². The van der Waals surface area contributed by atoms with Crippen LogP contribution in [-0.4, -0.2) is 22.0 Å². The second kappa shape index (κ2) is 8.49. The Morgan fingerprint density at radius 2 is 1.84 bits per heavy atom. The summed E-state index contributed by atoms with van der Waals surface area (Å²) < 4.78 is 2.43. The average Bonchev–Trinajstić information content (AvgIpc) is 3.35. The van der Waals surface area contributed by atoms with Gasteiger partial charge in [0.1, 0.15) is 5.82 Å². The molecule has 2 fully saturated rings. The number of carbonyl (C=O) groups is 1. The van der Waals surface area contributed by atoms with Crippen LogP contribution in [0.25, 0.3) is 11.0 Å². The quantitative estimate of drug-likeness (QED) is 0.502. The molecule has 162 valence electrons. The Bertz CT molecular complexity index is 1090. The predicted molar refractivity (Wildman–Crippen MR) is 127 cm³/mol. The van der Waals surface area contributed by atoms with Crippen molar-refractivity contribution in [1.29, 1.82) is 0 Å². The standard InChI is InChI=1S/C27H33N3O/c1-19-12-13-20(2)25(16-19)30-18-22(17-26(30)31)27-28-23-10-6-7-11-24(23)29(27)15-14-21-8-4-3-5-9-21/h6-7,10-13,16,21-22H,3-5,8-9,14-15,17-18H2,1-2H3. The van der Waals surface area contributed by atoms with Gasteiger partial charge in [-0.25, -0.2) is 4.98 Å². The van der Waals surface area contributed by atoms with E-state index in [1.165, 1.54) is 49.6 Å². The van der Waals surface area contributed by atoms with Crippen LogP contribution in [0.5, 0.6) is 0 Å². The first-order valence-corrected chi connectivity index (χ1v) is 11.9. The minimum absolute atomic E-state index is 0.145. The molecular weight excluding hydrogens is 382 g/mol. The molecule has 3 aromatic rings. The third-order valence-corrected chi connectivity index (χ3v) is 7.32.